The van der Waals surface area contributed by atoms with Crippen molar-refractivity contribution in [3.63, 3.8) is 0 Å². The van der Waals surface area contributed by atoms with E-state index in [1.165, 1.54) is 4.88 Å². The van der Waals surface area contributed by atoms with E-state index in [1.54, 1.807) is 11.3 Å². The SMILES string of the molecule is Clc1cccc(NCc2ccc(Br)s2)c1. The lowest BCUT2D eigenvalue weighted by atomic mass is 10.3. The van der Waals surface area contributed by atoms with E-state index in [1.807, 2.05) is 24.3 Å². The quantitative estimate of drug-likeness (QED) is 0.860. The number of hydrogen-bond acceptors (Lipinski definition) is 2. The second-order valence-electron chi connectivity index (χ2n) is 3.07. The molecule has 0 amide bonds. The molecule has 0 atom stereocenters. The minimum atomic E-state index is 0.757. The van der Waals surface area contributed by atoms with Gasteiger partial charge in [-0.05, 0) is 46.3 Å². The summed E-state index contributed by atoms with van der Waals surface area (Å²) >= 11 is 11.1. The number of anilines is 1. The van der Waals surface area contributed by atoms with Crippen molar-refractivity contribution in [1.82, 2.24) is 0 Å². The first kappa shape index (κ1) is 11.0. The number of thiophene rings is 1. The van der Waals surface area contributed by atoms with E-state index in [-0.39, 0.29) is 0 Å². The summed E-state index contributed by atoms with van der Waals surface area (Å²) in [6.45, 7) is 0.830. The van der Waals surface area contributed by atoms with Crippen LogP contribution in [0.4, 0.5) is 5.69 Å². The lowest BCUT2D eigenvalue weighted by Gasteiger charge is -2.04. The van der Waals surface area contributed by atoms with Crippen LogP contribution in [0.25, 0.3) is 0 Å². The fraction of sp³-hybridized carbons (Fsp3) is 0.0909. The Labute approximate surface area is 106 Å². The van der Waals surface area contributed by atoms with Crippen LogP contribution in [0.15, 0.2) is 40.2 Å². The van der Waals surface area contributed by atoms with Crippen LogP contribution in [0.3, 0.4) is 0 Å². The largest absolute Gasteiger partial charge is 0.380 e. The van der Waals surface area contributed by atoms with Crippen molar-refractivity contribution in [2.45, 2.75) is 6.54 Å². The maximum absolute atomic E-state index is 5.89. The van der Waals surface area contributed by atoms with Gasteiger partial charge in [0.15, 0.2) is 0 Å². The Hall–Kier alpha value is -0.510. The Morgan fingerprint density at radius 1 is 1.27 bits per heavy atom. The van der Waals surface area contributed by atoms with Gasteiger partial charge < -0.3 is 5.32 Å². The molecule has 0 aliphatic carbocycles. The highest BCUT2D eigenvalue weighted by molar-refractivity contribution is 9.11. The molecule has 78 valence electrons. The summed E-state index contributed by atoms with van der Waals surface area (Å²) in [5, 5.41) is 4.08. The van der Waals surface area contributed by atoms with Crippen molar-refractivity contribution in [2.24, 2.45) is 0 Å². The Bertz CT molecular complexity index is 455. The van der Waals surface area contributed by atoms with Crippen LogP contribution in [0.1, 0.15) is 4.88 Å². The topological polar surface area (TPSA) is 12.0 Å². The molecule has 2 aromatic rings. The maximum Gasteiger partial charge on any atom is 0.0702 e. The average Bonchev–Trinajstić information content (AvgIpc) is 2.62. The Morgan fingerprint density at radius 3 is 2.80 bits per heavy atom. The minimum absolute atomic E-state index is 0.757. The van der Waals surface area contributed by atoms with Gasteiger partial charge in [-0.2, -0.15) is 0 Å². The van der Waals surface area contributed by atoms with Gasteiger partial charge in [-0.15, -0.1) is 11.3 Å². The van der Waals surface area contributed by atoms with E-state index in [2.05, 4.69) is 33.4 Å². The predicted octanol–water partition coefficient (Wildman–Crippen LogP) is 4.78. The predicted molar refractivity (Wildman–Crippen MR) is 70.8 cm³/mol. The third-order valence-electron chi connectivity index (χ3n) is 1.92. The second kappa shape index (κ2) is 5.01. The number of hydrogen-bond donors (Lipinski definition) is 1. The summed E-state index contributed by atoms with van der Waals surface area (Å²) in [5.41, 5.74) is 1.05. The molecule has 0 saturated heterocycles. The molecule has 2 rings (SSSR count). The minimum Gasteiger partial charge on any atom is -0.380 e. The van der Waals surface area contributed by atoms with Crippen LogP contribution < -0.4 is 5.32 Å². The highest BCUT2D eigenvalue weighted by Crippen LogP contribution is 2.23. The molecule has 0 aliphatic heterocycles. The smallest absolute Gasteiger partial charge is 0.0702 e. The average molecular weight is 303 g/mol. The Balaban J connectivity index is 1.99. The molecule has 0 unspecified atom stereocenters. The van der Waals surface area contributed by atoms with Gasteiger partial charge in [0, 0.05) is 22.1 Å². The molecule has 1 N–H and O–H groups in total. The molecule has 0 bridgehead atoms. The van der Waals surface area contributed by atoms with Crippen molar-refractivity contribution in [3.05, 3.63) is 50.1 Å². The third-order valence-corrected chi connectivity index (χ3v) is 3.78. The zero-order valence-electron chi connectivity index (χ0n) is 7.84. The zero-order chi connectivity index (χ0) is 10.7. The van der Waals surface area contributed by atoms with Crippen molar-refractivity contribution in [1.29, 1.82) is 0 Å². The summed E-state index contributed by atoms with van der Waals surface area (Å²) in [7, 11) is 0. The van der Waals surface area contributed by atoms with Crippen LogP contribution in [0.2, 0.25) is 5.02 Å². The lowest BCUT2D eigenvalue weighted by molar-refractivity contribution is 1.19. The highest BCUT2D eigenvalue weighted by Gasteiger charge is 1.98. The molecule has 0 saturated carbocycles. The van der Waals surface area contributed by atoms with E-state index in [0.717, 1.165) is 21.0 Å². The van der Waals surface area contributed by atoms with Gasteiger partial charge in [-0.3, -0.25) is 0 Å². The molecule has 1 aromatic carbocycles. The summed E-state index contributed by atoms with van der Waals surface area (Å²) in [6.07, 6.45) is 0. The molecule has 1 nitrogen and oxygen atoms in total. The molecular formula is C11H9BrClNS. The molecule has 0 spiro atoms. The first-order chi connectivity index (χ1) is 7.24. The van der Waals surface area contributed by atoms with E-state index in [4.69, 9.17) is 11.6 Å². The highest BCUT2D eigenvalue weighted by atomic mass is 79.9. The van der Waals surface area contributed by atoms with Crippen LogP contribution in [0.5, 0.6) is 0 Å². The van der Waals surface area contributed by atoms with Gasteiger partial charge in [-0.25, -0.2) is 0 Å². The van der Waals surface area contributed by atoms with Gasteiger partial charge in [0.2, 0.25) is 0 Å². The first-order valence-corrected chi connectivity index (χ1v) is 6.46. The zero-order valence-corrected chi connectivity index (χ0v) is 11.0. The number of rotatable bonds is 3. The molecule has 1 heterocycles. The van der Waals surface area contributed by atoms with Gasteiger partial charge in [-0.1, -0.05) is 17.7 Å². The van der Waals surface area contributed by atoms with E-state index >= 15 is 0 Å². The van der Waals surface area contributed by atoms with E-state index in [0.29, 0.717) is 0 Å². The Kier molecular flexibility index (Phi) is 3.67. The molecule has 15 heavy (non-hydrogen) atoms. The van der Waals surface area contributed by atoms with E-state index < -0.39 is 0 Å². The van der Waals surface area contributed by atoms with Gasteiger partial charge >= 0.3 is 0 Å². The Morgan fingerprint density at radius 2 is 2.13 bits per heavy atom. The summed E-state index contributed by atoms with van der Waals surface area (Å²) in [4.78, 5) is 1.29. The molecular weight excluding hydrogens is 294 g/mol. The van der Waals surface area contributed by atoms with Crippen LogP contribution >= 0.6 is 38.9 Å². The van der Waals surface area contributed by atoms with E-state index in [9.17, 15) is 0 Å². The normalized spacial score (nSPS) is 10.3. The monoisotopic (exact) mass is 301 g/mol. The van der Waals surface area contributed by atoms with Crippen molar-refractivity contribution >= 4 is 44.6 Å². The molecule has 0 aliphatic rings. The number of benzene rings is 1. The number of halogens is 2. The van der Waals surface area contributed by atoms with Crippen LogP contribution in [0, 0.1) is 0 Å². The van der Waals surface area contributed by atoms with Gasteiger partial charge in [0.05, 0.1) is 3.79 Å². The number of nitrogens with one attached hydrogen (secondary N) is 1. The first-order valence-electron chi connectivity index (χ1n) is 4.48. The second-order valence-corrected chi connectivity index (χ2v) is 6.05. The molecule has 0 radical (unpaired) electrons. The van der Waals surface area contributed by atoms with Gasteiger partial charge in [0.1, 0.15) is 0 Å². The lowest BCUT2D eigenvalue weighted by Crippen LogP contribution is -1.96. The molecule has 1 aromatic heterocycles. The van der Waals surface area contributed by atoms with Gasteiger partial charge in [0.25, 0.3) is 0 Å². The van der Waals surface area contributed by atoms with Crippen LogP contribution in [-0.2, 0) is 6.54 Å². The maximum atomic E-state index is 5.89. The third kappa shape index (κ3) is 3.23. The summed E-state index contributed by atoms with van der Waals surface area (Å²) in [5.74, 6) is 0. The standard InChI is InChI=1S/C11H9BrClNS/c12-11-5-4-10(15-11)7-14-9-3-1-2-8(13)6-9/h1-6,14H,7H2. The van der Waals surface area contributed by atoms with Crippen molar-refractivity contribution in [2.75, 3.05) is 5.32 Å². The fourth-order valence-electron chi connectivity index (χ4n) is 1.23. The summed E-state index contributed by atoms with van der Waals surface area (Å²) in [6, 6.07) is 11.9. The van der Waals surface area contributed by atoms with Crippen LogP contribution in [-0.4, -0.2) is 0 Å². The fourth-order valence-corrected chi connectivity index (χ4v) is 2.85. The molecule has 0 fully saturated rings. The molecule has 4 heteroatoms. The summed E-state index contributed by atoms with van der Waals surface area (Å²) < 4.78 is 1.16. The van der Waals surface area contributed by atoms with Crippen molar-refractivity contribution in [3.8, 4) is 0 Å². The van der Waals surface area contributed by atoms with Crippen molar-refractivity contribution < 1.29 is 0 Å².